The van der Waals surface area contributed by atoms with Crippen molar-refractivity contribution in [3.05, 3.63) is 65.2 Å². The molecule has 2 aromatic carbocycles. The predicted octanol–water partition coefficient (Wildman–Crippen LogP) is 3.30. The fourth-order valence-electron chi connectivity index (χ4n) is 2.33. The minimum Gasteiger partial charge on any atom is -0.411 e. The van der Waals surface area contributed by atoms with Gasteiger partial charge in [-0.05, 0) is 56.2 Å². The smallest absolute Gasteiger partial charge is 0.277 e. The molecule has 1 atom stereocenters. The molecule has 8 heteroatoms. The van der Waals surface area contributed by atoms with Crippen LogP contribution in [0.15, 0.2) is 58.2 Å². The Morgan fingerprint density at radius 3 is 2.46 bits per heavy atom. The standard InChI is InChI=1S/C20H20N4O3S/c1-12-9-10-16(11-13(12)2)19-23-24-20(27-19)28-14(3)17(25)21-22-18(26)15-7-5-4-6-8-15/h4-11,14H,1-3H3,(H,21,25)(H,22,26)/t14-/m1/s1. The molecular weight excluding hydrogens is 376 g/mol. The SMILES string of the molecule is Cc1ccc(-c2nnc(S[C@H](C)C(=O)NNC(=O)c3ccccc3)o2)cc1C. The van der Waals surface area contributed by atoms with E-state index < -0.39 is 5.25 Å². The highest BCUT2D eigenvalue weighted by molar-refractivity contribution is 8.00. The van der Waals surface area contributed by atoms with Gasteiger partial charge in [0.25, 0.3) is 17.0 Å². The third kappa shape index (κ3) is 4.77. The van der Waals surface area contributed by atoms with E-state index in [1.165, 1.54) is 5.56 Å². The second-order valence-corrected chi connectivity index (χ2v) is 7.53. The Bertz CT molecular complexity index is 988. The molecule has 1 heterocycles. The van der Waals surface area contributed by atoms with E-state index >= 15 is 0 Å². The normalized spacial score (nSPS) is 11.7. The van der Waals surface area contributed by atoms with E-state index in [1.807, 2.05) is 38.1 Å². The number of hydrazine groups is 1. The molecule has 144 valence electrons. The van der Waals surface area contributed by atoms with Crippen molar-refractivity contribution in [1.82, 2.24) is 21.0 Å². The molecule has 2 N–H and O–H groups in total. The molecule has 0 aliphatic heterocycles. The maximum Gasteiger partial charge on any atom is 0.277 e. The molecule has 7 nitrogen and oxygen atoms in total. The summed E-state index contributed by atoms with van der Waals surface area (Å²) in [6.07, 6.45) is 0. The van der Waals surface area contributed by atoms with Gasteiger partial charge in [0.2, 0.25) is 5.89 Å². The molecule has 2 amide bonds. The van der Waals surface area contributed by atoms with Crippen molar-refractivity contribution in [3.63, 3.8) is 0 Å². The molecule has 1 aromatic heterocycles. The zero-order chi connectivity index (χ0) is 20.1. The topological polar surface area (TPSA) is 97.1 Å². The number of carbonyl (C=O) groups excluding carboxylic acids is 2. The zero-order valence-electron chi connectivity index (χ0n) is 15.7. The van der Waals surface area contributed by atoms with Gasteiger partial charge in [0.15, 0.2) is 0 Å². The van der Waals surface area contributed by atoms with Crippen molar-refractivity contribution in [2.24, 2.45) is 0 Å². The number of amides is 2. The van der Waals surface area contributed by atoms with Gasteiger partial charge in [0.05, 0.1) is 5.25 Å². The van der Waals surface area contributed by atoms with E-state index in [1.54, 1.807) is 31.2 Å². The Kier molecular flexibility index (Phi) is 6.10. The van der Waals surface area contributed by atoms with Crippen molar-refractivity contribution >= 4 is 23.6 Å². The first-order valence-corrected chi connectivity index (χ1v) is 9.55. The van der Waals surface area contributed by atoms with Crippen LogP contribution in [-0.2, 0) is 4.79 Å². The summed E-state index contributed by atoms with van der Waals surface area (Å²) in [4.78, 5) is 24.2. The van der Waals surface area contributed by atoms with Crippen LogP contribution in [0, 0.1) is 13.8 Å². The van der Waals surface area contributed by atoms with E-state index in [2.05, 4.69) is 21.0 Å². The summed E-state index contributed by atoms with van der Waals surface area (Å²) >= 11 is 1.12. The lowest BCUT2D eigenvalue weighted by Gasteiger charge is -2.10. The number of rotatable bonds is 5. The number of hydrogen-bond acceptors (Lipinski definition) is 6. The van der Waals surface area contributed by atoms with Crippen molar-refractivity contribution < 1.29 is 14.0 Å². The Labute approximate surface area is 166 Å². The second-order valence-electron chi connectivity index (χ2n) is 6.24. The van der Waals surface area contributed by atoms with Crippen molar-refractivity contribution in [3.8, 4) is 11.5 Å². The van der Waals surface area contributed by atoms with Gasteiger partial charge in [0, 0.05) is 11.1 Å². The van der Waals surface area contributed by atoms with E-state index in [9.17, 15) is 9.59 Å². The van der Waals surface area contributed by atoms with Gasteiger partial charge in [-0.3, -0.25) is 20.4 Å². The lowest BCUT2D eigenvalue weighted by atomic mass is 10.1. The van der Waals surface area contributed by atoms with E-state index in [4.69, 9.17) is 4.42 Å². The van der Waals surface area contributed by atoms with Crippen LogP contribution in [0.5, 0.6) is 0 Å². The van der Waals surface area contributed by atoms with Gasteiger partial charge >= 0.3 is 0 Å². The Morgan fingerprint density at radius 2 is 1.75 bits per heavy atom. The molecule has 3 rings (SSSR count). The number of nitrogens with one attached hydrogen (secondary N) is 2. The fourth-order valence-corrected chi connectivity index (χ4v) is 3.02. The zero-order valence-corrected chi connectivity index (χ0v) is 16.5. The maximum absolute atomic E-state index is 12.2. The highest BCUT2D eigenvalue weighted by atomic mass is 32.2. The average molecular weight is 396 g/mol. The minimum atomic E-state index is -0.538. The molecule has 0 saturated carbocycles. The van der Waals surface area contributed by atoms with Gasteiger partial charge in [-0.2, -0.15) is 0 Å². The Balaban J connectivity index is 1.56. The van der Waals surface area contributed by atoms with Crippen molar-refractivity contribution in [1.29, 1.82) is 0 Å². The number of thioether (sulfide) groups is 1. The first-order valence-electron chi connectivity index (χ1n) is 8.67. The van der Waals surface area contributed by atoms with Crippen LogP contribution in [0.25, 0.3) is 11.5 Å². The van der Waals surface area contributed by atoms with Crippen LogP contribution in [0.4, 0.5) is 0 Å². The van der Waals surface area contributed by atoms with Gasteiger partial charge in [0.1, 0.15) is 0 Å². The predicted molar refractivity (Wildman–Crippen MR) is 107 cm³/mol. The number of carbonyl (C=O) groups is 2. The minimum absolute atomic E-state index is 0.283. The van der Waals surface area contributed by atoms with E-state index in [0.29, 0.717) is 11.5 Å². The van der Waals surface area contributed by atoms with Crippen LogP contribution in [-0.4, -0.2) is 27.3 Å². The molecular formula is C20H20N4O3S. The lowest BCUT2D eigenvalue weighted by molar-refractivity contribution is -0.121. The summed E-state index contributed by atoms with van der Waals surface area (Å²) in [5, 5.41) is 7.78. The summed E-state index contributed by atoms with van der Waals surface area (Å²) in [6.45, 7) is 5.74. The van der Waals surface area contributed by atoms with Crippen molar-refractivity contribution in [2.45, 2.75) is 31.2 Å². The van der Waals surface area contributed by atoms with Crippen LogP contribution < -0.4 is 10.9 Å². The highest BCUT2D eigenvalue weighted by Gasteiger charge is 2.19. The van der Waals surface area contributed by atoms with E-state index in [-0.39, 0.29) is 17.0 Å². The molecule has 0 saturated heterocycles. The van der Waals surface area contributed by atoms with Crippen LogP contribution in [0.2, 0.25) is 0 Å². The van der Waals surface area contributed by atoms with Crippen LogP contribution in [0.3, 0.4) is 0 Å². The third-order valence-corrected chi connectivity index (χ3v) is 5.08. The van der Waals surface area contributed by atoms with E-state index in [0.717, 1.165) is 22.9 Å². The number of benzene rings is 2. The van der Waals surface area contributed by atoms with Gasteiger partial charge in [-0.25, -0.2) is 0 Å². The van der Waals surface area contributed by atoms with Gasteiger partial charge in [-0.1, -0.05) is 36.0 Å². The Hall–Kier alpha value is -3.13. The maximum atomic E-state index is 12.2. The molecule has 28 heavy (non-hydrogen) atoms. The summed E-state index contributed by atoms with van der Waals surface area (Å²) in [5.74, 6) is -0.364. The number of nitrogens with zero attached hydrogens (tertiary/aromatic N) is 2. The summed E-state index contributed by atoms with van der Waals surface area (Å²) in [7, 11) is 0. The third-order valence-electron chi connectivity index (χ3n) is 4.14. The molecule has 3 aromatic rings. The second kappa shape index (κ2) is 8.71. The summed E-state index contributed by atoms with van der Waals surface area (Å²) in [5.41, 5.74) is 8.39. The molecule has 0 spiro atoms. The Morgan fingerprint density at radius 1 is 1.00 bits per heavy atom. The first kappa shape index (κ1) is 19.6. The number of aryl methyl sites for hydroxylation is 2. The summed E-state index contributed by atoms with van der Waals surface area (Å²) < 4.78 is 5.65. The molecule has 0 aliphatic carbocycles. The quantitative estimate of drug-likeness (QED) is 0.507. The molecule has 0 aliphatic rings. The summed E-state index contributed by atoms with van der Waals surface area (Å²) in [6, 6.07) is 14.5. The van der Waals surface area contributed by atoms with Crippen molar-refractivity contribution in [2.75, 3.05) is 0 Å². The first-order chi connectivity index (χ1) is 13.4. The number of hydrogen-bond donors (Lipinski definition) is 2. The number of aromatic nitrogens is 2. The lowest BCUT2D eigenvalue weighted by Crippen LogP contribution is -2.44. The average Bonchev–Trinajstić information content (AvgIpc) is 3.17. The monoisotopic (exact) mass is 396 g/mol. The highest BCUT2D eigenvalue weighted by Crippen LogP contribution is 2.27. The van der Waals surface area contributed by atoms with Crippen LogP contribution >= 0.6 is 11.8 Å². The van der Waals surface area contributed by atoms with Crippen LogP contribution in [0.1, 0.15) is 28.4 Å². The molecule has 0 bridgehead atoms. The largest absolute Gasteiger partial charge is 0.411 e. The molecule has 0 radical (unpaired) electrons. The van der Waals surface area contributed by atoms with Gasteiger partial charge in [-0.15, -0.1) is 10.2 Å². The van der Waals surface area contributed by atoms with Gasteiger partial charge < -0.3 is 4.42 Å². The molecule has 0 unspecified atom stereocenters. The molecule has 0 fully saturated rings. The fraction of sp³-hybridized carbons (Fsp3) is 0.200.